The Morgan fingerprint density at radius 2 is 2.12 bits per heavy atom. The zero-order valence-electron chi connectivity index (χ0n) is 9.60. The standard InChI is InChI=1S/C14H14FNO/c1-10-4-2-5-11(8-10)9-13(17)14-12(15)6-3-7-16-14/h2-8,13,17H,9H2,1H3. The summed E-state index contributed by atoms with van der Waals surface area (Å²) in [6.07, 6.45) is 0.950. The molecule has 1 aromatic heterocycles. The van der Waals surface area contributed by atoms with Crippen LogP contribution in [0.2, 0.25) is 0 Å². The number of aliphatic hydroxyl groups excluding tert-OH is 1. The summed E-state index contributed by atoms with van der Waals surface area (Å²) in [5, 5.41) is 9.94. The second kappa shape index (κ2) is 5.06. The van der Waals surface area contributed by atoms with Gasteiger partial charge in [-0.1, -0.05) is 29.8 Å². The molecule has 1 heterocycles. The Morgan fingerprint density at radius 1 is 1.29 bits per heavy atom. The molecule has 0 spiro atoms. The van der Waals surface area contributed by atoms with Crippen LogP contribution >= 0.6 is 0 Å². The van der Waals surface area contributed by atoms with Crippen molar-refractivity contribution in [3.05, 3.63) is 65.2 Å². The summed E-state index contributed by atoms with van der Waals surface area (Å²) in [5.74, 6) is -0.465. The van der Waals surface area contributed by atoms with E-state index in [1.165, 1.54) is 18.3 Å². The highest BCUT2D eigenvalue weighted by molar-refractivity contribution is 5.24. The minimum atomic E-state index is -0.905. The lowest BCUT2D eigenvalue weighted by Crippen LogP contribution is -2.06. The SMILES string of the molecule is Cc1cccc(CC(O)c2ncccc2F)c1. The van der Waals surface area contributed by atoms with Crippen LogP contribution in [0.4, 0.5) is 4.39 Å². The van der Waals surface area contributed by atoms with Gasteiger partial charge >= 0.3 is 0 Å². The van der Waals surface area contributed by atoms with Crippen LogP contribution in [0.25, 0.3) is 0 Å². The molecule has 0 aliphatic carbocycles. The zero-order chi connectivity index (χ0) is 12.3. The normalized spacial score (nSPS) is 12.4. The highest BCUT2D eigenvalue weighted by atomic mass is 19.1. The smallest absolute Gasteiger partial charge is 0.147 e. The van der Waals surface area contributed by atoms with E-state index in [2.05, 4.69) is 4.98 Å². The molecule has 0 bridgehead atoms. The van der Waals surface area contributed by atoms with E-state index in [1.54, 1.807) is 0 Å². The first-order valence-corrected chi connectivity index (χ1v) is 5.51. The quantitative estimate of drug-likeness (QED) is 0.881. The van der Waals surface area contributed by atoms with Crippen LogP contribution in [-0.2, 0) is 6.42 Å². The van der Waals surface area contributed by atoms with Crippen LogP contribution in [-0.4, -0.2) is 10.1 Å². The van der Waals surface area contributed by atoms with Crippen molar-refractivity contribution in [1.82, 2.24) is 4.98 Å². The summed E-state index contributed by atoms with van der Waals surface area (Å²) in [4.78, 5) is 3.87. The molecule has 3 heteroatoms. The molecular weight excluding hydrogens is 217 g/mol. The van der Waals surface area contributed by atoms with Gasteiger partial charge in [0.15, 0.2) is 0 Å². The molecule has 0 radical (unpaired) electrons. The third-order valence-electron chi connectivity index (χ3n) is 2.61. The summed E-state index contributed by atoms with van der Waals surface area (Å²) in [5.41, 5.74) is 2.20. The maximum absolute atomic E-state index is 13.4. The molecule has 2 nitrogen and oxygen atoms in total. The summed E-state index contributed by atoms with van der Waals surface area (Å²) >= 11 is 0. The van der Waals surface area contributed by atoms with E-state index in [4.69, 9.17) is 0 Å². The van der Waals surface area contributed by atoms with Crippen molar-refractivity contribution in [2.45, 2.75) is 19.4 Å². The van der Waals surface area contributed by atoms with Gasteiger partial charge < -0.3 is 5.11 Å². The van der Waals surface area contributed by atoms with Gasteiger partial charge in [-0.2, -0.15) is 0 Å². The van der Waals surface area contributed by atoms with E-state index >= 15 is 0 Å². The number of benzene rings is 1. The number of aryl methyl sites for hydroxylation is 1. The van der Waals surface area contributed by atoms with Crippen molar-refractivity contribution in [2.24, 2.45) is 0 Å². The fourth-order valence-corrected chi connectivity index (χ4v) is 1.80. The van der Waals surface area contributed by atoms with Gasteiger partial charge in [-0.3, -0.25) is 4.98 Å². The van der Waals surface area contributed by atoms with Crippen molar-refractivity contribution in [2.75, 3.05) is 0 Å². The van der Waals surface area contributed by atoms with Crippen molar-refractivity contribution < 1.29 is 9.50 Å². The fourth-order valence-electron chi connectivity index (χ4n) is 1.80. The first-order valence-electron chi connectivity index (χ1n) is 5.51. The average Bonchev–Trinajstić information content (AvgIpc) is 2.29. The van der Waals surface area contributed by atoms with E-state index in [0.717, 1.165) is 11.1 Å². The van der Waals surface area contributed by atoms with Gasteiger partial charge in [0.1, 0.15) is 17.6 Å². The number of halogens is 1. The Bertz CT molecular complexity index is 513. The average molecular weight is 231 g/mol. The third-order valence-corrected chi connectivity index (χ3v) is 2.61. The maximum atomic E-state index is 13.4. The highest BCUT2D eigenvalue weighted by Gasteiger charge is 2.14. The van der Waals surface area contributed by atoms with Crippen LogP contribution in [0.5, 0.6) is 0 Å². The molecule has 0 amide bonds. The number of aromatic nitrogens is 1. The molecule has 0 saturated heterocycles. The van der Waals surface area contributed by atoms with E-state index < -0.39 is 11.9 Å². The second-order valence-corrected chi connectivity index (χ2v) is 4.08. The lowest BCUT2D eigenvalue weighted by atomic mass is 10.0. The van der Waals surface area contributed by atoms with Crippen LogP contribution in [0.1, 0.15) is 22.9 Å². The zero-order valence-corrected chi connectivity index (χ0v) is 9.60. The molecule has 0 saturated carbocycles. The van der Waals surface area contributed by atoms with Gasteiger partial charge in [-0.25, -0.2) is 4.39 Å². The predicted octanol–water partition coefficient (Wildman–Crippen LogP) is 2.81. The number of aliphatic hydroxyl groups is 1. The summed E-state index contributed by atoms with van der Waals surface area (Å²) in [6.45, 7) is 1.98. The Morgan fingerprint density at radius 3 is 2.82 bits per heavy atom. The van der Waals surface area contributed by atoms with Crippen molar-refractivity contribution in [3.8, 4) is 0 Å². The van der Waals surface area contributed by atoms with Gasteiger partial charge in [0, 0.05) is 12.6 Å². The van der Waals surface area contributed by atoms with Gasteiger partial charge in [0.05, 0.1) is 0 Å². The molecule has 2 rings (SSSR count). The molecule has 1 atom stereocenters. The predicted molar refractivity (Wildman–Crippen MR) is 64.0 cm³/mol. The number of pyridine rings is 1. The molecule has 88 valence electrons. The minimum absolute atomic E-state index is 0.106. The minimum Gasteiger partial charge on any atom is -0.386 e. The molecule has 0 fully saturated rings. The third kappa shape index (κ3) is 2.88. The van der Waals surface area contributed by atoms with Gasteiger partial charge in [0.2, 0.25) is 0 Å². The van der Waals surface area contributed by atoms with Gasteiger partial charge in [0.25, 0.3) is 0 Å². The summed E-state index contributed by atoms with van der Waals surface area (Å²) in [6, 6.07) is 10.6. The largest absolute Gasteiger partial charge is 0.386 e. The van der Waals surface area contributed by atoms with E-state index in [1.807, 2.05) is 31.2 Å². The van der Waals surface area contributed by atoms with Gasteiger partial charge in [-0.15, -0.1) is 0 Å². The summed E-state index contributed by atoms with van der Waals surface area (Å²) < 4.78 is 13.4. The topological polar surface area (TPSA) is 33.1 Å². The molecular formula is C14H14FNO. The van der Waals surface area contributed by atoms with Crippen molar-refractivity contribution >= 4 is 0 Å². The summed E-state index contributed by atoms with van der Waals surface area (Å²) in [7, 11) is 0. The highest BCUT2D eigenvalue weighted by Crippen LogP contribution is 2.19. The Labute approximate surface area is 99.8 Å². The van der Waals surface area contributed by atoms with Crippen LogP contribution in [0.3, 0.4) is 0 Å². The van der Waals surface area contributed by atoms with E-state index in [-0.39, 0.29) is 5.69 Å². The molecule has 1 aromatic carbocycles. The monoisotopic (exact) mass is 231 g/mol. The molecule has 1 N–H and O–H groups in total. The molecule has 1 unspecified atom stereocenters. The van der Waals surface area contributed by atoms with E-state index in [9.17, 15) is 9.50 Å². The Kier molecular flexibility index (Phi) is 3.49. The van der Waals surface area contributed by atoms with Crippen molar-refractivity contribution in [1.29, 1.82) is 0 Å². The second-order valence-electron chi connectivity index (χ2n) is 4.08. The first kappa shape index (κ1) is 11.7. The number of hydrogen-bond acceptors (Lipinski definition) is 2. The van der Waals surface area contributed by atoms with Crippen LogP contribution in [0.15, 0.2) is 42.6 Å². The lowest BCUT2D eigenvalue weighted by Gasteiger charge is -2.11. The Balaban J connectivity index is 2.17. The van der Waals surface area contributed by atoms with Gasteiger partial charge in [-0.05, 0) is 24.6 Å². The number of hydrogen-bond donors (Lipinski definition) is 1. The molecule has 0 aliphatic rings. The molecule has 17 heavy (non-hydrogen) atoms. The molecule has 0 aliphatic heterocycles. The molecule has 2 aromatic rings. The first-order chi connectivity index (χ1) is 8.16. The number of rotatable bonds is 3. The van der Waals surface area contributed by atoms with E-state index in [0.29, 0.717) is 6.42 Å². The fraction of sp³-hybridized carbons (Fsp3) is 0.214. The number of nitrogens with zero attached hydrogens (tertiary/aromatic N) is 1. The van der Waals surface area contributed by atoms with Crippen molar-refractivity contribution in [3.63, 3.8) is 0 Å². The lowest BCUT2D eigenvalue weighted by molar-refractivity contribution is 0.168. The van der Waals surface area contributed by atoms with Crippen LogP contribution in [0, 0.1) is 12.7 Å². The Hall–Kier alpha value is -1.74. The maximum Gasteiger partial charge on any atom is 0.147 e. The van der Waals surface area contributed by atoms with Crippen LogP contribution < -0.4 is 0 Å².